The van der Waals surface area contributed by atoms with Crippen LogP contribution in [0.3, 0.4) is 0 Å². The Morgan fingerprint density at radius 3 is 2.55 bits per heavy atom. The van der Waals surface area contributed by atoms with Gasteiger partial charge in [-0.15, -0.1) is 0 Å². The number of anilines is 1. The number of carbonyl (C=O) groups is 1. The van der Waals surface area contributed by atoms with E-state index in [1.165, 1.54) is 0 Å². The highest BCUT2D eigenvalue weighted by Crippen LogP contribution is 2.26. The van der Waals surface area contributed by atoms with E-state index in [1.54, 1.807) is 6.92 Å². The maximum atomic E-state index is 12.1. The van der Waals surface area contributed by atoms with Gasteiger partial charge in [0.15, 0.2) is 0 Å². The van der Waals surface area contributed by atoms with E-state index >= 15 is 0 Å². The van der Waals surface area contributed by atoms with E-state index in [1.807, 2.05) is 61.5 Å². The van der Waals surface area contributed by atoms with E-state index in [-0.39, 0.29) is 12.0 Å². The molecular formula is C19H21NO2. The van der Waals surface area contributed by atoms with Gasteiger partial charge in [0.2, 0.25) is 0 Å². The van der Waals surface area contributed by atoms with Crippen LogP contribution in [0.2, 0.25) is 0 Å². The molecule has 2 rings (SSSR count). The second-order valence-electron chi connectivity index (χ2n) is 5.10. The molecule has 0 spiro atoms. The molecule has 0 aliphatic carbocycles. The predicted molar refractivity (Wildman–Crippen MR) is 89.8 cm³/mol. The van der Waals surface area contributed by atoms with Crippen LogP contribution < -0.4 is 5.32 Å². The minimum atomic E-state index is -0.378. The Kier molecular flexibility index (Phi) is 5.37. The van der Waals surface area contributed by atoms with E-state index in [2.05, 4.69) is 11.9 Å². The molecule has 2 aromatic rings. The van der Waals surface area contributed by atoms with Crippen LogP contribution in [0.25, 0.3) is 0 Å². The Bertz CT molecular complexity index is 649. The van der Waals surface area contributed by atoms with E-state index in [9.17, 15) is 4.79 Å². The van der Waals surface area contributed by atoms with Crippen LogP contribution in [0.1, 0.15) is 24.1 Å². The lowest BCUT2D eigenvalue weighted by Gasteiger charge is -2.22. The summed E-state index contributed by atoms with van der Waals surface area (Å²) in [5.41, 5.74) is 3.47. The predicted octanol–water partition coefficient (Wildman–Crippen LogP) is 4.27. The number of ether oxygens (including phenoxy) is 1. The van der Waals surface area contributed by atoms with Crippen molar-refractivity contribution in [1.29, 1.82) is 0 Å². The van der Waals surface area contributed by atoms with Crippen molar-refractivity contribution in [3.63, 3.8) is 0 Å². The summed E-state index contributed by atoms with van der Waals surface area (Å²) < 4.78 is 5.09. The van der Waals surface area contributed by atoms with Gasteiger partial charge in [-0.1, -0.05) is 49.0 Å². The molecule has 0 bridgehead atoms. The largest absolute Gasteiger partial charge is 0.463 e. The Morgan fingerprint density at radius 2 is 1.91 bits per heavy atom. The highest BCUT2D eigenvalue weighted by Gasteiger charge is 2.21. The highest BCUT2D eigenvalue weighted by molar-refractivity contribution is 5.90. The first-order valence-electron chi connectivity index (χ1n) is 7.36. The average Bonchev–Trinajstić information content (AvgIpc) is 2.53. The molecule has 0 saturated heterocycles. The van der Waals surface area contributed by atoms with Gasteiger partial charge in [-0.05, 0) is 37.1 Å². The standard InChI is InChI=1S/C19H21NO2/c1-4-22-19(21)15(3)18(16-10-6-5-7-11-16)20-17-12-8-9-14(2)13-17/h5-13,18,20H,3-4H2,1-2H3. The second kappa shape index (κ2) is 7.46. The molecule has 2 aromatic carbocycles. The van der Waals surface area contributed by atoms with Gasteiger partial charge >= 0.3 is 5.97 Å². The summed E-state index contributed by atoms with van der Waals surface area (Å²) >= 11 is 0. The zero-order valence-electron chi connectivity index (χ0n) is 13.0. The van der Waals surface area contributed by atoms with Gasteiger partial charge in [0.05, 0.1) is 18.2 Å². The van der Waals surface area contributed by atoms with Crippen molar-refractivity contribution in [1.82, 2.24) is 0 Å². The second-order valence-corrected chi connectivity index (χ2v) is 5.10. The van der Waals surface area contributed by atoms with Crippen LogP contribution in [-0.2, 0) is 9.53 Å². The molecule has 0 saturated carbocycles. The van der Waals surface area contributed by atoms with Crippen molar-refractivity contribution in [2.75, 3.05) is 11.9 Å². The molecule has 0 aliphatic heterocycles. The van der Waals surface area contributed by atoms with Gasteiger partial charge in [0.1, 0.15) is 0 Å². The zero-order valence-corrected chi connectivity index (χ0v) is 13.0. The number of benzene rings is 2. The third-order valence-corrected chi connectivity index (χ3v) is 3.35. The zero-order chi connectivity index (χ0) is 15.9. The molecule has 0 radical (unpaired) electrons. The lowest BCUT2D eigenvalue weighted by molar-refractivity contribution is -0.138. The first-order chi connectivity index (χ1) is 10.6. The fourth-order valence-corrected chi connectivity index (χ4v) is 2.26. The summed E-state index contributed by atoms with van der Waals surface area (Å²) in [5.74, 6) is -0.378. The van der Waals surface area contributed by atoms with Crippen LogP contribution in [0.4, 0.5) is 5.69 Å². The molecule has 3 nitrogen and oxygen atoms in total. The molecule has 22 heavy (non-hydrogen) atoms. The lowest BCUT2D eigenvalue weighted by Crippen LogP contribution is -2.20. The van der Waals surface area contributed by atoms with Gasteiger partial charge in [-0.2, -0.15) is 0 Å². The Morgan fingerprint density at radius 1 is 1.18 bits per heavy atom. The molecule has 3 heteroatoms. The van der Waals surface area contributed by atoms with Crippen LogP contribution in [0.5, 0.6) is 0 Å². The molecule has 0 amide bonds. The smallest absolute Gasteiger partial charge is 0.335 e. The van der Waals surface area contributed by atoms with Gasteiger partial charge < -0.3 is 10.1 Å². The Hall–Kier alpha value is -2.55. The summed E-state index contributed by atoms with van der Waals surface area (Å²) in [5, 5.41) is 3.37. The first kappa shape index (κ1) is 15.8. The maximum absolute atomic E-state index is 12.1. The summed E-state index contributed by atoms with van der Waals surface area (Å²) in [6.45, 7) is 8.09. The van der Waals surface area contributed by atoms with Crippen molar-refractivity contribution in [3.05, 3.63) is 77.9 Å². The monoisotopic (exact) mass is 295 g/mol. The number of carbonyl (C=O) groups excluding carboxylic acids is 1. The molecule has 0 heterocycles. The van der Waals surface area contributed by atoms with Crippen LogP contribution in [0.15, 0.2) is 66.7 Å². The van der Waals surface area contributed by atoms with Crippen LogP contribution in [0, 0.1) is 6.92 Å². The molecule has 1 unspecified atom stereocenters. The maximum Gasteiger partial charge on any atom is 0.335 e. The van der Waals surface area contributed by atoms with Crippen molar-refractivity contribution in [3.8, 4) is 0 Å². The Labute approximate surface area is 131 Å². The molecule has 0 aliphatic rings. The molecule has 114 valence electrons. The van der Waals surface area contributed by atoms with Gasteiger partial charge in [-0.3, -0.25) is 0 Å². The third kappa shape index (κ3) is 3.98. The lowest BCUT2D eigenvalue weighted by atomic mass is 9.99. The van der Waals surface area contributed by atoms with Crippen molar-refractivity contribution in [2.24, 2.45) is 0 Å². The fraction of sp³-hybridized carbons (Fsp3) is 0.211. The molecular weight excluding hydrogens is 274 g/mol. The normalized spacial score (nSPS) is 11.5. The molecule has 0 aromatic heterocycles. The number of hydrogen-bond acceptors (Lipinski definition) is 3. The summed E-state index contributed by atoms with van der Waals surface area (Å²) in [4.78, 5) is 12.1. The number of hydrogen-bond donors (Lipinski definition) is 1. The summed E-state index contributed by atoms with van der Waals surface area (Å²) in [6, 6.07) is 17.5. The van der Waals surface area contributed by atoms with Crippen LogP contribution in [-0.4, -0.2) is 12.6 Å². The fourth-order valence-electron chi connectivity index (χ4n) is 2.26. The topological polar surface area (TPSA) is 38.3 Å². The van der Waals surface area contributed by atoms with E-state index in [4.69, 9.17) is 4.74 Å². The molecule has 0 fully saturated rings. The van der Waals surface area contributed by atoms with Gasteiger partial charge in [0, 0.05) is 5.69 Å². The van der Waals surface area contributed by atoms with Crippen molar-refractivity contribution in [2.45, 2.75) is 19.9 Å². The average molecular weight is 295 g/mol. The molecule has 1 atom stereocenters. The quantitative estimate of drug-likeness (QED) is 0.639. The number of rotatable bonds is 6. The minimum absolute atomic E-state index is 0.318. The number of nitrogens with one attached hydrogen (secondary N) is 1. The van der Waals surface area contributed by atoms with E-state index in [0.717, 1.165) is 16.8 Å². The third-order valence-electron chi connectivity index (χ3n) is 3.35. The molecule has 1 N–H and O–H groups in total. The van der Waals surface area contributed by atoms with Crippen molar-refractivity contribution >= 4 is 11.7 Å². The minimum Gasteiger partial charge on any atom is -0.463 e. The summed E-state index contributed by atoms with van der Waals surface area (Å²) in [6.07, 6.45) is 0. The van der Waals surface area contributed by atoms with Crippen LogP contribution >= 0.6 is 0 Å². The number of aryl methyl sites for hydroxylation is 1. The van der Waals surface area contributed by atoms with Crippen molar-refractivity contribution < 1.29 is 9.53 Å². The SMILES string of the molecule is C=C(C(=O)OCC)C(Nc1cccc(C)c1)c1ccccc1. The highest BCUT2D eigenvalue weighted by atomic mass is 16.5. The first-order valence-corrected chi connectivity index (χ1v) is 7.36. The Balaban J connectivity index is 2.30. The summed E-state index contributed by atoms with van der Waals surface area (Å²) in [7, 11) is 0. The van der Waals surface area contributed by atoms with E-state index in [0.29, 0.717) is 12.2 Å². The van der Waals surface area contributed by atoms with Gasteiger partial charge in [-0.25, -0.2) is 4.79 Å². The number of esters is 1. The van der Waals surface area contributed by atoms with Gasteiger partial charge in [0.25, 0.3) is 0 Å². The van der Waals surface area contributed by atoms with E-state index < -0.39 is 0 Å².